The first-order chi connectivity index (χ1) is 14.3. The highest BCUT2D eigenvalue weighted by Crippen LogP contribution is 2.38. The normalized spacial score (nSPS) is 11.5. The van der Waals surface area contributed by atoms with Gasteiger partial charge in [-0.1, -0.05) is 30.3 Å². The number of hydrogen-bond donors (Lipinski definition) is 1. The number of halogens is 3. The number of H-pyrrole nitrogens is 1. The quantitative estimate of drug-likeness (QED) is 0.511. The topological polar surface area (TPSA) is 85.7 Å². The third kappa shape index (κ3) is 3.79. The first-order valence-corrected chi connectivity index (χ1v) is 8.71. The zero-order valence-electron chi connectivity index (χ0n) is 15.5. The predicted octanol–water partition coefficient (Wildman–Crippen LogP) is 4.01. The average Bonchev–Trinajstić information content (AvgIpc) is 3.37. The van der Waals surface area contributed by atoms with Gasteiger partial charge in [0, 0.05) is 30.6 Å². The molecule has 1 aromatic carbocycles. The Morgan fingerprint density at radius 1 is 1.07 bits per heavy atom. The number of nitrogens with one attached hydrogen (secondary N) is 1. The van der Waals surface area contributed by atoms with Crippen LogP contribution in [0.2, 0.25) is 0 Å². The van der Waals surface area contributed by atoms with Crippen molar-refractivity contribution in [1.29, 1.82) is 0 Å². The molecule has 3 aromatic heterocycles. The van der Waals surface area contributed by atoms with Crippen molar-refractivity contribution in [2.24, 2.45) is 7.05 Å². The average molecular weight is 413 g/mol. The molecule has 0 aliphatic rings. The summed E-state index contributed by atoms with van der Waals surface area (Å²) < 4.78 is 44.9. The molecule has 10 heteroatoms. The molecule has 0 amide bonds. The maximum absolute atomic E-state index is 12.9. The number of aromatic amines is 1. The van der Waals surface area contributed by atoms with Gasteiger partial charge in [0.2, 0.25) is 0 Å². The number of esters is 1. The highest BCUT2D eigenvalue weighted by Gasteiger charge is 2.42. The Morgan fingerprint density at radius 3 is 2.50 bits per heavy atom. The third-order valence-electron chi connectivity index (χ3n) is 4.23. The molecule has 0 fully saturated rings. The number of rotatable bonds is 4. The van der Waals surface area contributed by atoms with E-state index in [0.29, 0.717) is 11.3 Å². The highest BCUT2D eigenvalue weighted by molar-refractivity contribution is 5.85. The van der Waals surface area contributed by atoms with Gasteiger partial charge >= 0.3 is 12.1 Å². The molecule has 3 heterocycles. The van der Waals surface area contributed by atoms with E-state index in [1.807, 2.05) is 30.3 Å². The second kappa shape index (κ2) is 7.47. The van der Waals surface area contributed by atoms with Crippen LogP contribution in [0.5, 0.6) is 5.75 Å². The third-order valence-corrected chi connectivity index (χ3v) is 4.23. The van der Waals surface area contributed by atoms with Gasteiger partial charge in [-0.05, 0) is 11.6 Å². The van der Waals surface area contributed by atoms with E-state index in [4.69, 9.17) is 4.74 Å². The standard InChI is InChI=1S/C20H14F3N5O2/c1-28-11-13(9-26-28)14-7-8-24-16(17(14)30-19(29)20(21,22)23)18-25-10-15(27-18)12-5-3-2-4-6-12/h2-11H,1H3,(H,25,27). The van der Waals surface area contributed by atoms with Crippen molar-refractivity contribution in [3.05, 3.63) is 61.2 Å². The Bertz CT molecular complexity index is 1200. The van der Waals surface area contributed by atoms with Crippen LogP contribution in [-0.4, -0.2) is 36.9 Å². The first-order valence-electron chi connectivity index (χ1n) is 8.71. The Kier molecular flexibility index (Phi) is 4.82. The summed E-state index contributed by atoms with van der Waals surface area (Å²) >= 11 is 0. The minimum absolute atomic E-state index is 0.0314. The van der Waals surface area contributed by atoms with E-state index >= 15 is 0 Å². The Labute approximate surface area is 168 Å². The molecular formula is C20H14F3N5O2. The Hall–Kier alpha value is -3.95. The maximum Gasteiger partial charge on any atom is 0.491 e. The number of pyridine rings is 1. The molecule has 0 saturated carbocycles. The molecule has 0 radical (unpaired) electrons. The lowest BCUT2D eigenvalue weighted by Crippen LogP contribution is -2.28. The van der Waals surface area contributed by atoms with Crippen LogP contribution < -0.4 is 4.74 Å². The van der Waals surface area contributed by atoms with E-state index in [1.54, 1.807) is 13.2 Å². The van der Waals surface area contributed by atoms with Crippen LogP contribution in [0.3, 0.4) is 0 Å². The fourth-order valence-electron chi connectivity index (χ4n) is 2.86. The molecule has 0 atom stereocenters. The summed E-state index contributed by atoms with van der Waals surface area (Å²) in [6.07, 6.45) is 0.784. The van der Waals surface area contributed by atoms with Gasteiger partial charge in [0.1, 0.15) is 5.69 Å². The summed E-state index contributed by atoms with van der Waals surface area (Å²) in [5, 5.41) is 4.02. The number of alkyl halides is 3. The van der Waals surface area contributed by atoms with Crippen LogP contribution in [0, 0.1) is 0 Å². The molecule has 0 aliphatic carbocycles. The number of imidazole rings is 1. The summed E-state index contributed by atoms with van der Waals surface area (Å²) in [7, 11) is 1.66. The fourth-order valence-corrected chi connectivity index (χ4v) is 2.86. The second-order valence-corrected chi connectivity index (χ2v) is 6.34. The second-order valence-electron chi connectivity index (χ2n) is 6.34. The largest absolute Gasteiger partial charge is 0.491 e. The molecule has 4 aromatic rings. The Morgan fingerprint density at radius 2 is 1.83 bits per heavy atom. The van der Waals surface area contributed by atoms with Gasteiger partial charge in [0.15, 0.2) is 11.6 Å². The maximum atomic E-state index is 12.9. The molecule has 0 aliphatic heterocycles. The number of ether oxygens (including phenoxy) is 1. The first kappa shape index (κ1) is 19.4. The van der Waals surface area contributed by atoms with Gasteiger partial charge in [-0.2, -0.15) is 18.3 Å². The van der Waals surface area contributed by atoms with Crippen LogP contribution in [0.25, 0.3) is 33.9 Å². The van der Waals surface area contributed by atoms with E-state index < -0.39 is 12.1 Å². The number of benzene rings is 1. The summed E-state index contributed by atoms with van der Waals surface area (Å²) in [6.45, 7) is 0. The number of nitrogens with zero attached hydrogens (tertiary/aromatic N) is 4. The van der Waals surface area contributed by atoms with Gasteiger partial charge < -0.3 is 9.72 Å². The molecule has 1 N–H and O–H groups in total. The van der Waals surface area contributed by atoms with Crippen molar-refractivity contribution in [2.45, 2.75) is 6.18 Å². The molecule has 152 valence electrons. The van der Waals surface area contributed by atoms with E-state index in [1.165, 1.54) is 29.3 Å². The SMILES string of the molecule is Cn1cc(-c2ccnc(-c3ncc(-c4ccccc4)[nH]3)c2OC(=O)C(F)(F)F)cn1. The molecular weight excluding hydrogens is 399 g/mol. The van der Waals surface area contributed by atoms with Crippen molar-refractivity contribution < 1.29 is 22.7 Å². The van der Waals surface area contributed by atoms with Gasteiger partial charge in [0.05, 0.1) is 18.1 Å². The smallest absolute Gasteiger partial charge is 0.417 e. The van der Waals surface area contributed by atoms with Crippen LogP contribution in [-0.2, 0) is 11.8 Å². The van der Waals surface area contributed by atoms with Crippen LogP contribution >= 0.6 is 0 Å². The molecule has 30 heavy (non-hydrogen) atoms. The van der Waals surface area contributed by atoms with E-state index in [0.717, 1.165) is 5.56 Å². The summed E-state index contributed by atoms with van der Waals surface area (Å²) in [5.74, 6) is -2.55. The zero-order valence-corrected chi connectivity index (χ0v) is 15.5. The number of aryl methyl sites for hydroxylation is 1. The lowest BCUT2D eigenvalue weighted by molar-refractivity contribution is -0.189. The van der Waals surface area contributed by atoms with Crippen LogP contribution in [0.4, 0.5) is 13.2 Å². The highest BCUT2D eigenvalue weighted by atomic mass is 19.4. The molecule has 4 rings (SSSR count). The molecule has 0 unspecified atom stereocenters. The number of carbonyl (C=O) groups is 1. The van der Waals surface area contributed by atoms with E-state index in [2.05, 4.69) is 20.1 Å². The number of carbonyl (C=O) groups excluding carboxylic acids is 1. The molecule has 7 nitrogen and oxygen atoms in total. The van der Waals surface area contributed by atoms with Crippen molar-refractivity contribution in [1.82, 2.24) is 24.7 Å². The Balaban J connectivity index is 1.83. The minimum Gasteiger partial charge on any atom is -0.417 e. The molecule has 0 spiro atoms. The summed E-state index contributed by atoms with van der Waals surface area (Å²) in [6, 6.07) is 10.7. The number of hydrogen-bond acceptors (Lipinski definition) is 5. The molecule has 0 bridgehead atoms. The van der Waals surface area contributed by atoms with Crippen molar-refractivity contribution in [3.63, 3.8) is 0 Å². The van der Waals surface area contributed by atoms with E-state index in [-0.39, 0.29) is 22.8 Å². The van der Waals surface area contributed by atoms with Crippen LogP contribution in [0.1, 0.15) is 0 Å². The van der Waals surface area contributed by atoms with Gasteiger partial charge in [-0.25, -0.2) is 14.8 Å². The number of aromatic nitrogens is 5. The summed E-state index contributed by atoms with van der Waals surface area (Å²) in [5.41, 5.74) is 2.11. The van der Waals surface area contributed by atoms with Crippen molar-refractivity contribution in [3.8, 4) is 39.7 Å². The van der Waals surface area contributed by atoms with Crippen molar-refractivity contribution in [2.75, 3.05) is 0 Å². The van der Waals surface area contributed by atoms with Gasteiger partial charge in [0.25, 0.3) is 0 Å². The lowest BCUT2D eigenvalue weighted by Gasteiger charge is -2.13. The minimum atomic E-state index is -5.17. The fraction of sp³-hybridized carbons (Fsp3) is 0.100. The monoisotopic (exact) mass is 413 g/mol. The van der Waals surface area contributed by atoms with Crippen molar-refractivity contribution >= 4 is 5.97 Å². The molecule has 0 saturated heterocycles. The van der Waals surface area contributed by atoms with Gasteiger partial charge in [-0.15, -0.1) is 0 Å². The van der Waals surface area contributed by atoms with E-state index in [9.17, 15) is 18.0 Å². The lowest BCUT2D eigenvalue weighted by atomic mass is 10.1. The summed E-state index contributed by atoms with van der Waals surface area (Å²) in [4.78, 5) is 23.0. The van der Waals surface area contributed by atoms with Gasteiger partial charge in [-0.3, -0.25) is 4.68 Å². The predicted molar refractivity (Wildman–Crippen MR) is 101 cm³/mol. The zero-order chi connectivity index (χ0) is 21.3. The van der Waals surface area contributed by atoms with Crippen LogP contribution in [0.15, 0.2) is 61.2 Å².